The highest BCUT2D eigenvalue weighted by Crippen LogP contribution is 2.21. The third-order valence-electron chi connectivity index (χ3n) is 1.39. The van der Waals surface area contributed by atoms with Crippen molar-refractivity contribution in [2.75, 3.05) is 11.9 Å². The zero-order chi connectivity index (χ0) is 8.97. The van der Waals surface area contributed by atoms with Gasteiger partial charge in [-0.15, -0.1) is 6.58 Å². The van der Waals surface area contributed by atoms with Crippen LogP contribution in [0.3, 0.4) is 0 Å². The molecule has 64 valence electrons. The lowest BCUT2D eigenvalue weighted by Gasteiger charge is -2.04. The van der Waals surface area contributed by atoms with Crippen molar-refractivity contribution >= 4 is 17.3 Å². The zero-order valence-electron chi connectivity index (χ0n) is 6.48. The second kappa shape index (κ2) is 4.12. The van der Waals surface area contributed by atoms with Crippen LogP contribution in [0.2, 0.25) is 5.02 Å². The lowest BCUT2D eigenvalue weighted by molar-refractivity contribution is 0.631. The number of hydrogen-bond acceptors (Lipinski definition) is 1. The van der Waals surface area contributed by atoms with E-state index in [0.717, 1.165) is 0 Å². The lowest BCUT2D eigenvalue weighted by Crippen LogP contribution is -2.00. The Labute approximate surface area is 75.9 Å². The maximum atomic E-state index is 13.1. The highest BCUT2D eigenvalue weighted by Gasteiger charge is 2.03. The van der Waals surface area contributed by atoms with Crippen molar-refractivity contribution in [1.29, 1.82) is 0 Å². The molecule has 0 fully saturated rings. The van der Waals surface area contributed by atoms with E-state index in [2.05, 4.69) is 11.9 Å². The molecule has 0 heterocycles. The molecule has 0 saturated heterocycles. The minimum Gasteiger partial charge on any atom is -0.379 e. The summed E-state index contributed by atoms with van der Waals surface area (Å²) >= 11 is 5.55. The van der Waals surface area contributed by atoms with Gasteiger partial charge in [0.25, 0.3) is 0 Å². The fraction of sp³-hybridized carbons (Fsp3) is 0.111. The summed E-state index contributed by atoms with van der Waals surface area (Å²) in [4.78, 5) is 0. The molecule has 0 aliphatic heterocycles. The molecule has 0 bridgehead atoms. The molecule has 0 unspecified atom stereocenters. The molecule has 12 heavy (non-hydrogen) atoms. The lowest BCUT2D eigenvalue weighted by atomic mass is 10.3. The average Bonchev–Trinajstić information content (AvgIpc) is 2.08. The fourth-order valence-corrected chi connectivity index (χ4v) is 0.997. The van der Waals surface area contributed by atoms with Crippen molar-refractivity contribution in [1.82, 2.24) is 0 Å². The number of hydrogen-bond donors (Lipinski definition) is 1. The van der Waals surface area contributed by atoms with E-state index in [4.69, 9.17) is 11.6 Å². The van der Waals surface area contributed by atoms with Crippen LogP contribution in [-0.2, 0) is 0 Å². The monoisotopic (exact) mass is 185 g/mol. The van der Waals surface area contributed by atoms with Crippen LogP contribution in [-0.4, -0.2) is 6.54 Å². The van der Waals surface area contributed by atoms with Crippen LogP contribution < -0.4 is 5.32 Å². The van der Waals surface area contributed by atoms with Crippen LogP contribution in [0.25, 0.3) is 0 Å². The van der Waals surface area contributed by atoms with E-state index in [1.165, 1.54) is 6.07 Å². The summed E-state index contributed by atoms with van der Waals surface area (Å²) < 4.78 is 13.1. The molecule has 0 aliphatic rings. The zero-order valence-corrected chi connectivity index (χ0v) is 7.24. The molecule has 1 nitrogen and oxygen atoms in total. The van der Waals surface area contributed by atoms with Gasteiger partial charge in [-0.05, 0) is 12.1 Å². The summed E-state index contributed by atoms with van der Waals surface area (Å²) in [6, 6.07) is 4.83. The largest absolute Gasteiger partial charge is 0.379 e. The molecule has 0 aromatic heterocycles. The van der Waals surface area contributed by atoms with Gasteiger partial charge in [0.2, 0.25) is 0 Å². The third-order valence-corrected chi connectivity index (χ3v) is 1.68. The van der Waals surface area contributed by atoms with Crippen molar-refractivity contribution in [3.05, 3.63) is 41.7 Å². The van der Waals surface area contributed by atoms with Crippen LogP contribution in [0.15, 0.2) is 30.9 Å². The Morgan fingerprint density at radius 3 is 3.00 bits per heavy atom. The summed E-state index contributed by atoms with van der Waals surface area (Å²) in [5.74, 6) is -0.416. The number of halogens is 2. The normalized spacial score (nSPS) is 9.50. The van der Waals surface area contributed by atoms with Gasteiger partial charge in [-0.2, -0.15) is 0 Å². The third kappa shape index (κ3) is 1.98. The summed E-state index contributed by atoms with van der Waals surface area (Å²) in [5.41, 5.74) is 0.405. The molecule has 3 heteroatoms. The second-order valence-corrected chi connectivity index (χ2v) is 2.68. The van der Waals surface area contributed by atoms with Crippen molar-refractivity contribution in [3.8, 4) is 0 Å². The summed E-state index contributed by atoms with van der Waals surface area (Å²) in [6.07, 6.45) is 1.65. The van der Waals surface area contributed by atoms with Gasteiger partial charge in [-0.1, -0.05) is 23.7 Å². The molecule has 0 spiro atoms. The van der Waals surface area contributed by atoms with Crippen molar-refractivity contribution in [2.24, 2.45) is 0 Å². The average molecular weight is 186 g/mol. The highest BCUT2D eigenvalue weighted by atomic mass is 35.5. The quantitative estimate of drug-likeness (QED) is 0.714. The molecule has 1 N–H and O–H groups in total. The van der Waals surface area contributed by atoms with Crippen molar-refractivity contribution in [3.63, 3.8) is 0 Å². The van der Waals surface area contributed by atoms with E-state index in [1.807, 2.05) is 0 Å². The van der Waals surface area contributed by atoms with Gasteiger partial charge < -0.3 is 5.32 Å². The first kappa shape index (κ1) is 9.07. The van der Waals surface area contributed by atoms with E-state index in [0.29, 0.717) is 12.2 Å². The Morgan fingerprint density at radius 1 is 1.58 bits per heavy atom. The van der Waals surface area contributed by atoms with Gasteiger partial charge in [-0.25, -0.2) is 4.39 Å². The standard InChI is InChI=1S/C9H9ClFN/c1-2-6-12-8-5-3-4-7(10)9(8)11/h2-5,12H,1,6H2. The van der Waals surface area contributed by atoms with Crippen LogP contribution in [0.1, 0.15) is 0 Å². The number of benzene rings is 1. The Hall–Kier alpha value is -1.02. The predicted molar refractivity (Wildman–Crippen MR) is 50.1 cm³/mol. The Morgan fingerprint density at radius 2 is 2.33 bits per heavy atom. The first-order chi connectivity index (χ1) is 5.75. The molecular formula is C9H9ClFN. The van der Waals surface area contributed by atoms with Crippen LogP contribution in [0.4, 0.5) is 10.1 Å². The molecule has 0 atom stereocenters. The van der Waals surface area contributed by atoms with E-state index in [1.54, 1.807) is 18.2 Å². The van der Waals surface area contributed by atoms with Crippen LogP contribution in [0.5, 0.6) is 0 Å². The smallest absolute Gasteiger partial charge is 0.164 e. The second-order valence-electron chi connectivity index (χ2n) is 2.27. The van der Waals surface area contributed by atoms with E-state index >= 15 is 0 Å². The Kier molecular flexibility index (Phi) is 3.11. The SMILES string of the molecule is C=CCNc1cccc(Cl)c1F. The Bertz CT molecular complexity index is 286. The van der Waals surface area contributed by atoms with Gasteiger partial charge >= 0.3 is 0 Å². The van der Waals surface area contributed by atoms with Gasteiger partial charge in [0.15, 0.2) is 5.82 Å². The van der Waals surface area contributed by atoms with Gasteiger partial charge in [-0.3, -0.25) is 0 Å². The molecule has 0 aliphatic carbocycles. The van der Waals surface area contributed by atoms with Crippen LogP contribution in [0, 0.1) is 5.82 Å². The van der Waals surface area contributed by atoms with Crippen molar-refractivity contribution < 1.29 is 4.39 Å². The topological polar surface area (TPSA) is 12.0 Å². The molecule has 0 saturated carbocycles. The summed E-state index contributed by atoms with van der Waals surface area (Å²) in [6.45, 7) is 4.03. The van der Waals surface area contributed by atoms with Crippen LogP contribution >= 0.6 is 11.6 Å². The minimum absolute atomic E-state index is 0.129. The minimum atomic E-state index is -0.416. The number of rotatable bonds is 3. The summed E-state index contributed by atoms with van der Waals surface area (Å²) in [5, 5.41) is 2.95. The van der Waals surface area contributed by atoms with Gasteiger partial charge in [0.05, 0.1) is 10.7 Å². The molecular weight excluding hydrogens is 177 g/mol. The van der Waals surface area contributed by atoms with Gasteiger partial charge in [0.1, 0.15) is 0 Å². The maximum absolute atomic E-state index is 13.1. The fourth-order valence-electron chi connectivity index (χ4n) is 0.822. The predicted octanol–water partition coefficient (Wildman–Crippen LogP) is 3.08. The molecule has 0 radical (unpaired) electrons. The molecule has 1 rings (SSSR count). The van der Waals surface area contributed by atoms with Crippen molar-refractivity contribution in [2.45, 2.75) is 0 Å². The molecule has 1 aromatic rings. The first-order valence-electron chi connectivity index (χ1n) is 3.54. The Balaban J connectivity index is 2.84. The van der Waals surface area contributed by atoms with Gasteiger partial charge in [0, 0.05) is 6.54 Å². The first-order valence-corrected chi connectivity index (χ1v) is 3.92. The van der Waals surface area contributed by atoms with E-state index < -0.39 is 5.82 Å². The maximum Gasteiger partial charge on any atom is 0.164 e. The summed E-state index contributed by atoms with van der Waals surface area (Å²) in [7, 11) is 0. The number of nitrogens with one attached hydrogen (secondary N) is 1. The highest BCUT2D eigenvalue weighted by molar-refractivity contribution is 6.31. The number of anilines is 1. The van der Waals surface area contributed by atoms with E-state index in [-0.39, 0.29) is 5.02 Å². The van der Waals surface area contributed by atoms with E-state index in [9.17, 15) is 4.39 Å². The molecule has 0 amide bonds. The molecule has 1 aromatic carbocycles.